The van der Waals surface area contributed by atoms with Crippen molar-refractivity contribution < 1.29 is 9.18 Å². The summed E-state index contributed by atoms with van der Waals surface area (Å²) >= 11 is 0. The first-order valence-corrected chi connectivity index (χ1v) is 8.49. The summed E-state index contributed by atoms with van der Waals surface area (Å²) in [4.78, 5) is 14.9. The Morgan fingerprint density at radius 3 is 2.45 bits per heavy atom. The van der Waals surface area contributed by atoms with Gasteiger partial charge in [-0.25, -0.2) is 4.39 Å². The summed E-state index contributed by atoms with van der Waals surface area (Å²) in [6.07, 6.45) is 6.37. The van der Waals surface area contributed by atoms with Crippen LogP contribution in [0.5, 0.6) is 0 Å². The zero-order valence-corrected chi connectivity index (χ0v) is 13.2. The fourth-order valence-corrected chi connectivity index (χ4v) is 4.05. The normalized spacial score (nSPS) is 25.3. The molecule has 0 radical (unpaired) electrons. The average molecular weight is 304 g/mol. The number of carbonyl (C=O) groups is 1. The monoisotopic (exact) mass is 304 g/mol. The van der Waals surface area contributed by atoms with E-state index in [0.29, 0.717) is 18.5 Å². The van der Waals surface area contributed by atoms with Gasteiger partial charge >= 0.3 is 0 Å². The Hall–Kier alpha value is -1.42. The first-order chi connectivity index (χ1) is 10.7. The maximum absolute atomic E-state index is 13.1. The first-order valence-electron chi connectivity index (χ1n) is 8.49. The quantitative estimate of drug-likeness (QED) is 0.904. The standard InChI is InChI=1S/C18H25FN2O/c1-2-20-17(13-6-8-14(19)9-7-13)12-18(22)21-15-4-3-5-16(21)11-10-15/h6-9,15-17,20H,2-5,10-12H2,1H3/t15?,16?,17-/m1/s1. The van der Waals surface area contributed by atoms with E-state index in [1.807, 2.05) is 6.92 Å². The van der Waals surface area contributed by atoms with E-state index in [9.17, 15) is 9.18 Å². The summed E-state index contributed by atoms with van der Waals surface area (Å²) in [5, 5.41) is 3.37. The molecule has 3 rings (SSSR count). The zero-order valence-electron chi connectivity index (χ0n) is 13.2. The molecule has 1 aromatic carbocycles. The van der Waals surface area contributed by atoms with Crippen LogP contribution < -0.4 is 5.32 Å². The summed E-state index contributed by atoms with van der Waals surface area (Å²) in [7, 11) is 0. The lowest BCUT2D eigenvalue weighted by Crippen LogP contribution is -2.45. The van der Waals surface area contributed by atoms with Gasteiger partial charge in [0.05, 0.1) is 0 Å². The lowest BCUT2D eigenvalue weighted by Gasteiger charge is -2.36. The molecule has 2 fully saturated rings. The van der Waals surface area contributed by atoms with Gasteiger partial charge in [0.1, 0.15) is 5.82 Å². The highest BCUT2D eigenvalue weighted by Gasteiger charge is 2.39. The molecule has 120 valence electrons. The Kier molecular flexibility index (Phi) is 4.77. The molecule has 2 unspecified atom stereocenters. The molecule has 1 N–H and O–H groups in total. The van der Waals surface area contributed by atoms with Crippen LogP contribution in [0.3, 0.4) is 0 Å². The number of carbonyl (C=O) groups excluding carboxylic acids is 1. The Labute approximate surface area is 131 Å². The number of amides is 1. The molecule has 0 aliphatic carbocycles. The summed E-state index contributed by atoms with van der Waals surface area (Å²) < 4.78 is 13.1. The molecule has 2 heterocycles. The Balaban J connectivity index is 1.70. The largest absolute Gasteiger partial charge is 0.337 e. The highest BCUT2D eigenvalue weighted by atomic mass is 19.1. The summed E-state index contributed by atoms with van der Waals surface area (Å²) in [5.41, 5.74) is 0.987. The molecule has 2 saturated heterocycles. The van der Waals surface area contributed by atoms with E-state index in [-0.39, 0.29) is 17.8 Å². The first kappa shape index (κ1) is 15.5. The third-order valence-corrected chi connectivity index (χ3v) is 5.08. The van der Waals surface area contributed by atoms with E-state index < -0.39 is 0 Å². The molecular formula is C18H25FN2O. The van der Waals surface area contributed by atoms with Crippen LogP contribution in [-0.2, 0) is 4.79 Å². The van der Waals surface area contributed by atoms with Gasteiger partial charge in [0.15, 0.2) is 0 Å². The second-order valence-corrected chi connectivity index (χ2v) is 6.48. The SMILES string of the molecule is CCN[C@H](CC(=O)N1C2CCCC1CC2)c1ccc(F)cc1. The predicted molar refractivity (Wildman–Crippen MR) is 84.9 cm³/mol. The lowest BCUT2D eigenvalue weighted by atomic mass is 9.99. The van der Waals surface area contributed by atoms with Crippen LogP contribution in [0, 0.1) is 5.82 Å². The number of piperidine rings is 1. The maximum Gasteiger partial charge on any atom is 0.224 e. The van der Waals surface area contributed by atoms with Crippen molar-refractivity contribution in [3.8, 4) is 0 Å². The van der Waals surface area contributed by atoms with E-state index in [1.54, 1.807) is 12.1 Å². The fourth-order valence-electron chi connectivity index (χ4n) is 4.05. The van der Waals surface area contributed by atoms with Crippen molar-refractivity contribution in [2.45, 2.75) is 63.6 Å². The second-order valence-electron chi connectivity index (χ2n) is 6.48. The number of fused-ring (bicyclic) bond motifs is 2. The van der Waals surface area contributed by atoms with Crippen LogP contribution in [0.15, 0.2) is 24.3 Å². The number of hydrogen-bond donors (Lipinski definition) is 1. The number of rotatable bonds is 5. The predicted octanol–water partition coefficient (Wildman–Crippen LogP) is 3.41. The molecule has 2 aliphatic heterocycles. The third-order valence-electron chi connectivity index (χ3n) is 5.08. The van der Waals surface area contributed by atoms with Crippen molar-refractivity contribution in [2.75, 3.05) is 6.54 Å². The minimum absolute atomic E-state index is 0.0283. The van der Waals surface area contributed by atoms with Crippen LogP contribution in [-0.4, -0.2) is 29.4 Å². The van der Waals surface area contributed by atoms with Crippen molar-refractivity contribution in [3.05, 3.63) is 35.6 Å². The molecule has 3 nitrogen and oxygen atoms in total. The van der Waals surface area contributed by atoms with Crippen molar-refractivity contribution >= 4 is 5.91 Å². The van der Waals surface area contributed by atoms with E-state index in [2.05, 4.69) is 10.2 Å². The van der Waals surface area contributed by atoms with Gasteiger partial charge in [-0.1, -0.05) is 19.1 Å². The molecule has 4 heteroatoms. The number of halogens is 1. The molecule has 2 aliphatic rings. The molecule has 0 spiro atoms. The van der Waals surface area contributed by atoms with Gasteiger partial charge in [-0.3, -0.25) is 4.79 Å². The van der Waals surface area contributed by atoms with Gasteiger partial charge in [0, 0.05) is 24.5 Å². The molecule has 1 aromatic rings. The van der Waals surface area contributed by atoms with Gasteiger partial charge in [-0.2, -0.15) is 0 Å². The highest BCUT2D eigenvalue weighted by molar-refractivity contribution is 5.78. The van der Waals surface area contributed by atoms with Crippen LogP contribution >= 0.6 is 0 Å². The number of nitrogens with one attached hydrogen (secondary N) is 1. The summed E-state index contributed by atoms with van der Waals surface area (Å²) in [6, 6.07) is 7.38. The van der Waals surface area contributed by atoms with E-state index in [1.165, 1.54) is 31.4 Å². The average Bonchev–Trinajstić information content (AvgIpc) is 2.77. The number of benzene rings is 1. The molecule has 0 aromatic heterocycles. The molecule has 0 saturated carbocycles. The molecule has 22 heavy (non-hydrogen) atoms. The molecular weight excluding hydrogens is 279 g/mol. The van der Waals surface area contributed by atoms with E-state index in [4.69, 9.17) is 0 Å². The van der Waals surface area contributed by atoms with E-state index in [0.717, 1.165) is 24.9 Å². The van der Waals surface area contributed by atoms with E-state index >= 15 is 0 Å². The minimum Gasteiger partial charge on any atom is -0.337 e. The molecule has 3 atom stereocenters. The van der Waals surface area contributed by atoms with Gasteiger partial charge in [0.25, 0.3) is 0 Å². The number of hydrogen-bond acceptors (Lipinski definition) is 2. The maximum atomic E-state index is 13.1. The van der Waals surface area contributed by atoms with Crippen LogP contribution in [0.4, 0.5) is 4.39 Å². The second kappa shape index (κ2) is 6.78. The Bertz CT molecular complexity index is 500. The fraction of sp³-hybridized carbons (Fsp3) is 0.611. The van der Waals surface area contributed by atoms with Gasteiger partial charge in [-0.15, -0.1) is 0 Å². The van der Waals surface area contributed by atoms with Crippen molar-refractivity contribution in [1.29, 1.82) is 0 Å². The summed E-state index contributed by atoms with van der Waals surface area (Å²) in [6.45, 7) is 2.83. The number of nitrogens with zero attached hydrogens (tertiary/aromatic N) is 1. The van der Waals surface area contributed by atoms with Crippen LogP contribution in [0.2, 0.25) is 0 Å². The Morgan fingerprint density at radius 2 is 1.86 bits per heavy atom. The van der Waals surface area contributed by atoms with Crippen LogP contribution in [0.1, 0.15) is 57.1 Å². The van der Waals surface area contributed by atoms with Gasteiger partial charge in [-0.05, 0) is 56.3 Å². The smallest absolute Gasteiger partial charge is 0.224 e. The van der Waals surface area contributed by atoms with Crippen molar-refractivity contribution in [3.63, 3.8) is 0 Å². The minimum atomic E-state index is -0.237. The molecule has 2 bridgehead atoms. The molecule has 1 amide bonds. The third kappa shape index (κ3) is 3.17. The summed E-state index contributed by atoms with van der Waals surface area (Å²) in [5.74, 6) is 0.0156. The van der Waals surface area contributed by atoms with Crippen LogP contribution in [0.25, 0.3) is 0 Å². The topological polar surface area (TPSA) is 32.3 Å². The van der Waals surface area contributed by atoms with Crippen molar-refractivity contribution in [1.82, 2.24) is 10.2 Å². The van der Waals surface area contributed by atoms with Gasteiger partial charge < -0.3 is 10.2 Å². The Morgan fingerprint density at radius 1 is 1.23 bits per heavy atom. The van der Waals surface area contributed by atoms with Gasteiger partial charge in [0.2, 0.25) is 5.91 Å². The highest BCUT2D eigenvalue weighted by Crippen LogP contribution is 2.36. The lowest BCUT2D eigenvalue weighted by molar-refractivity contribution is -0.136. The zero-order chi connectivity index (χ0) is 15.5. The van der Waals surface area contributed by atoms with Crippen molar-refractivity contribution in [2.24, 2.45) is 0 Å².